The van der Waals surface area contributed by atoms with Crippen LogP contribution in [0.15, 0.2) is 71.6 Å². The van der Waals surface area contributed by atoms with E-state index in [1.54, 1.807) is 13.2 Å². The van der Waals surface area contributed by atoms with Gasteiger partial charge in [0.1, 0.15) is 27.7 Å². The second-order valence-corrected chi connectivity index (χ2v) is 6.36. The number of hydrogen-bond donors (Lipinski definition) is 1. The second-order valence-electron chi connectivity index (χ2n) is 5.18. The molecule has 2 atom stereocenters. The van der Waals surface area contributed by atoms with Gasteiger partial charge in [-0.3, -0.25) is 0 Å². The van der Waals surface area contributed by atoms with Gasteiger partial charge < -0.3 is 4.74 Å². The van der Waals surface area contributed by atoms with Crippen molar-refractivity contribution in [3.8, 4) is 11.8 Å². The summed E-state index contributed by atoms with van der Waals surface area (Å²) < 4.78 is 21.2. The highest BCUT2D eigenvalue weighted by atomic mass is 32.2. The SMILES string of the molecule is COc1ccc2ccccc2c1[S@](=O)N[C@H](C#N)c1ccccc1. The van der Waals surface area contributed by atoms with Crippen molar-refractivity contribution in [2.75, 3.05) is 7.11 Å². The van der Waals surface area contributed by atoms with Crippen LogP contribution in [-0.4, -0.2) is 11.3 Å². The number of nitrogens with one attached hydrogen (secondary N) is 1. The fourth-order valence-electron chi connectivity index (χ4n) is 2.56. The lowest BCUT2D eigenvalue weighted by atomic mass is 10.1. The first kappa shape index (κ1) is 16.2. The monoisotopic (exact) mass is 336 g/mol. The molecule has 3 rings (SSSR count). The van der Waals surface area contributed by atoms with Crippen molar-refractivity contribution in [1.29, 1.82) is 5.26 Å². The van der Waals surface area contributed by atoms with E-state index in [-0.39, 0.29) is 0 Å². The van der Waals surface area contributed by atoms with Gasteiger partial charge in [-0.1, -0.05) is 60.7 Å². The lowest BCUT2D eigenvalue weighted by Gasteiger charge is -2.15. The summed E-state index contributed by atoms with van der Waals surface area (Å²) in [7, 11) is -0.0519. The molecule has 5 heteroatoms. The fourth-order valence-corrected chi connectivity index (χ4v) is 3.80. The van der Waals surface area contributed by atoms with Crippen LogP contribution in [-0.2, 0) is 11.0 Å². The number of nitrogens with zero attached hydrogens (tertiary/aromatic N) is 1. The van der Waals surface area contributed by atoms with Crippen LogP contribution >= 0.6 is 0 Å². The normalized spacial score (nSPS) is 13.2. The Labute approximate surface area is 143 Å². The predicted molar refractivity (Wildman–Crippen MR) is 94.8 cm³/mol. The van der Waals surface area contributed by atoms with Crippen molar-refractivity contribution < 1.29 is 8.95 Å². The van der Waals surface area contributed by atoms with Crippen molar-refractivity contribution in [2.24, 2.45) is 0 Å². The first-order valence-corrected chi connectivity index (χ1v) is 8.58. The Bertz CT molecular complexity index is 920. The quantitative estimate of drug-likeness (QED) is 0.772. The third kappa shape index (κ3) is 3.16. The Balaban J connectivity index is 2.01. The Morgan fingerprint density at radius 3 is 2.46 bits per heavy atom. The summed E-state index contributed by atoms with van der Waals surface area (Å²) in [6.07, 6.45) is 0. The van der Waals surface area contributed by atoms with Crippen LogP contribution in [0.25, 0.3) is 10.8 Å². The van der Waals surface area contributed by atoms with Crippen LogP contribution in [0.1, 0.15) is 11.6 Å². The molecular formula is C19H16N2O2S. The van der Waals surface area contributed by atoms with E-state index in [0.29, 0.717) is 10.6 Å². The number of nitriles is 1. The summed E-state index contributed by atoms with van der Waals surface area (Å²) in [6, 6.07) is 22.1. The molecule has 0 heterocycles. The number of fused-ring (bicyclic) bond motifs is 1. The van der Waals surface area contributed by atoms with E-state index in [0.717, 1.165) is 16.3 Å². The molecule has 3 aromatic carbocycles. The molecule has 0 radical (unpaired) electrons. The van der Waals surface area contributed by atoms with Gasteiger partial charge in [-0.25, -0.2) is 8.93 Å². The molecule has 0 aliphatic heterocycles. The van der Waals surface area contributed by atoms with Gasteiger partial charge in [-0.2, -0.15) is 5.26 Å². The summed E-state index contributed by atoms with van der Waals surface area (Å²) in [4.78, 5) is 0.548. The van der Waals surface area contributed by atoms with Crippen LogP contribution in [0.2, 0.25) is 0 Å². The van der Waals surface area contributed by atoms with Crippen LogP contribution in [0.5, 0.6) is 5.75 Å². The molecule has 3 aromatic rings. The molecule has 0 saturated carbocycles. The van der Waals surface area contributed by atoms with E-state index in [2.05, 4.69) is 10.8 Å². The maximum atomic E-state index is 12.9. The van der Waals surface area contributed by atoms with Gasteiger partial charge >= 0.3 is 0 Å². The van der Waals surface area contributed by atoms with Crippen molar-refractivity contribution in [3.05, 3.63) is 72.3 Å². The first-order chi connectivity index (χ1) is 11.7. The lowest BCUT2D eigenvalue weighted by Crippen LogP contribution is -2.23. The highest BCUT2D eigenvalue weighted by Gasteiger charge is 2.19. The lowest BCUT2D eigenvalue weighted by molar-refractivity contribution is 0.405. The zero-order chi connectivity index (χ0) is 16.9. The molecule has 0 fully saturated rings. The molecule has 0 aromatic heterocycles. The Morgan fingerprint density at radius 1 is 1.04 bits per heavy atom. The molecule has 0 aliphatic rings. The smallest absolute Gasteiger partial charge is 0.137 e. The summed E-state index contributed by atoms with van der Waals surface area (Å²) in [6.45, 7) is 0. The maximum Gasteiger partial charge on any atom is 0.137 e. The van der Waals surface area contributed by atoms with Crippen molar-refractivity contribution in [1.82, 2.24) is 4.72 Å². The molecule has 0 unspecified atom stereocenters. The van der Waals surface area contributed by atoms with E-state index in [1.807, 2.05) is 60.7 Å². The summed E-state index contributed by atoms with van der Waals surface area (Å²) >= 11 is 0. The van der Waals surface area contributed by atoms with E-state index >= 15 is 0 Å². The molecule has 1 N–H and O–H groups in total. The molecule has 4 nitrogen and oxygen atoms in total. The largest absolute Gasteiger partial charge is 0.495 e. The summed E-state index contributed by atoms with van der Waals surface area (Å²) in [5, 5.41) is 11.2. The molecule has 120 valence electrons. The third-order valence-corrected chi connectivity index (χ3v) is 4.98. The maximum absolute atomic E-state index is 12.9. The highest BCUT2D eigenvalue weighted by Crippen LogP contribution is 2.31. The van der Waals surface area contributed by atoms with Crippen molar-refractivity contribution in [2.45, 2.75) is 10.9 Å². The Kier molecular flexibility index (Phi) is 4.90. The standard InChI is InChI=1S/C19H16N2O2S/c1-23-18-12-11-14-7-5-6-10-16(14)19(18)24(22)21-17(13-20)15-8-3-2-4-9-15/h2-12,17,21H,1H3/t17-,24+/m1/s1. The Morgan fingerprint density at radius 2 is 1.75 bits per heavy atom. The molecule has 0 saturated heterocycles. The van der Waals surface area contributed by atoms with E-state index in [4.69, 9.17) is 4.74 Å². The van der Waals surface area contributed by atoms with Gasteiger partial charge in [-0.05, 0) is 17.0 Å². The molecule has 24 heavy (non-hydrogen) atoms. The Hall–Kier alpha value is -2.68. The number of rotatable bonds is 5. The van der Waals surface area contributed by atoms with Gasteiger partial charge in [0.2, 0.25) is 0 Å². The topological polar surface area (TPSA) is 62.1 Å². The van der Waals surface area contributed by atoms with Crippen LogP contribution in [0, 0.1) is 11.3 Å². The van der Waals surface area contributed by atoms with Crippen LogP contribution in [0.3, 0.4) is 0 Å². The van der Waals surface area contributed by atoms with Gasteiger partial charge in [0, 0.05) is 5.39 Å². The molecule has 0 aliphatic carbocycles. The predicted octanol–water partition coefficient (Wildman–Crippen LogP) is 3.73. The zero-order valence-corrected chi connectivity index (χ0v) is 13.9. The minimum atomic E-state index is -1.60. The average molecular weight is 336 g/mol. The summed E-state index contributed by atoms with van der Waals surface area (Å²) in [5.74, 6) is 0.532. The van der Waals surface area contributed by atoms with Crippen LogP contribution in [0.4, 0.5) is 0 Å². The van der Waals surface area contributed by atoms with Crippen LogP contribution < -0.4 is 9.46 Å². The minimum Gasteiger partial charge on any atom is -0.495 e. The van der Waals surface area contributed by atoms with Gasteiger partial charge in [0.25, 0.3) is 0 Å². The third-order valence-electron chi connectivity index (χ3n) is 3.74. The van der Waals surface area contributed by atoms with E-state index in [9.17, 15) is 9.47 Å². The minimum absolute atomic E-state index is 0.532. The highest BCUT2D eigenvalue weighted by molar-refractivity contribution is 7.83. The average Bonchev–Trinajstić information content (AvgIpc) is 2.65. The van der Waals surface area contributed by atoms with Gasteiger partial charge in [-0.15, -0.1) is 0 Å². The number of hydrogen-bond acceptors (Lipinski definition) is 3. The number of ether oxygens (including phenoxy) is 1. The van der Waals surface area contributed by atoms with E-state index in [1.165, 1.54) is 0 Å². The van der Waals surface area contributed by atoms with E-state index < -0.39 is 17.0 Å². The molecular weight excluding hydrogens is 320 g/mol. The number of benzene rings is 3. The molecule has 0 amide bonds. The molecule has 0 spiro atoms. The van der Waals surface area contributed by atoms with Gasteiger partial charge in [0.05, 0.1) is 13.2 Å². The fraction of sp³-hybridized carbons (Fsp3) is 0.105. The van der Waals surface area contributed by atoms with Crippen molar-refractivity contribution >= 4 is 21.8 Å². The number of methoxy groups -OCH3 is 1. The molecule has 0 bridgehead atoms. The summed E-state index contributed by atoms with van der Waals surface area (Å²) in [5.41, 5.74) is 0.771. The van der Waals surface area contributed by atoms with Crippen molar-refractivity contribution in [3.63, 3.8) is 0 Å². The van der Waals surface area contributed by atoms with Gasteiger partial charge in [0.15, 0.2) is 0 Å². The first-order valence-electron chi connectivity index (χ1n) is 7.43. The second kappa shape index (κ2) is 7.26. The zero-order valence-electron chi connectivity index (χ0n) is 13.1.